The second-order valence-electron chi connectivity index (χ2n) is 9.12. The van der Waals surface area contributed by atoms with Crippen molar-refractivity contribution < 1.29 is 13.2 Å². The molecular formula is C25H30ClN5O3S. The third kappa shape index (κ3) is 6.15. The first-order valence-electron chi connectivity index (χ1n) is 11.5. The number of hydrogen-bond donors (Lipinski definition) is 3. The van der Waals surface area contributed by atoms with E-state index in [1.165, 1.54) is 6.20 Å². The summed E-state index contributed by atoms with van der Waals surface area (Å²) in [5.74, 6) is 1.70. The molecule has 1 aromatic heterocycles. The predicted octanol–water partition coefficient (Wildman–Crippen LogP) is 6.23. The third-order valence-corrected chi connectivity index (χ3v) is 7.66. The maximum absolute atomic E-state index is 12.2. The lowest BCUT2D eigenvalue weighted by Gasteiger charge is -2.17. The van der Waals surface area contributed by atoms with E-state index in [9.17, 15) is 8.42 Å². The van der Waals surface area contributed by atoms with Crippen LogP contribution in [0.1, 0.15) is 43.4 Å². The normalized spacial score (nSPS) is 13.6. The average molecular weight is 516 g/mol. The number of aryl methyl sites for hydroxylation is 3. The van der Waals surface area contributed by atoms with Crippen LogP contribution in [0.15, 0.2) is 36.5 Å². The van der Waals surface area contributed by atoms with Gasteiger partial charge in [0.15, 0.2) is 5.82 Å². The summed E-state index contributed by atoms with van der Waals surface area (Å²) >= 11 is 6.36. The van der Waals surface area contributed by atoms with Gasteiger partial charge in [-0.25, -0.2) is 13.4 Å². The summed E-state index contributed by atoms with van der Waals surface area (Å²) < 4.78 is 33.0. The van der Waals surface area contributed by atoms with E-state index < -0.39 is 10.0 Å². The van der Waals surface area contributed by atoms with Crippen LogP contribution in [0.25, 0.3) is 0 Å². The van der Waals surface area contributed by atoms with Gasteiger partial charge in [0.05, 0.1) is 17.6 Å². The largest absolute Gasteiger partial charge is 0.490 e. The minimum Gasteiger partial charge on any atom is -0.490 e. The van der Waals surface area contributed by atoms with Crippen LogP contribution in [0.3, 0.4) is 0 Å². The minimum absolute atomic E-state index is 0.0929. The molecule has 0 spiro atoms. The van der Waals surface area contributed by atoms with Gasteiger partial charge in [0.25, 0.3) is 0 Å². The highest BCUT2D eigenvalue weighted by atomic mass is 35.5. The van der Waals surface area contributed by atoms with Gasteiger partial charge in [0.1, 0.15) is 10.8 Å². The Morgan fingerprint density at radius 2 is 1.66 bits per heavy atom. The number of rotatable bonds is 9. The van der Waals surface area contributed by atoms with Gasteiger partial charge in [-0.2, -0.15) is 4.98 Å². The van der Waals surface area contributed by atoms with Crippen molar-refractivity contribution in [1.82, 2.24) is 9.97 Å². The summed E-state index contributed by atoms with van der Waals surface area (Å²) in [7, 11) is -3.31. The van der Waals surface area contributed by atoms with Crippen molar-refractivity contribution in [2.24, 2.45) is 0 Å². The summed E-state index contributed by atoms with van der Waals surface area (Å²) in [4.78, 5) is 8.84. The van der Waals surface area contributed by atoms with Gasteiger partial charge >= 0.3 is 0 Å². The topological polar surface area (TPSA) is 105 Å². The summed E-state index contributed by atoms with van der Waals surface area (Å²) in [5, 5.41) is 6.54. The molecule has 0 unspecified atom stereocenters. The van der Waals surface area contributed by atoms with Crippen LogP contribution >= 0.6 is 11.6 Å². The van der Waals surface area contributed by atoms with Crippen LogP contribution in [0.4, 0.5) is 28.8 Å². The van der Waals surface area contributed by atoms with E-state index in [0.717, 1.165) is 33.8 Å². The number of anilines is 5. The van der Waals surface area contributed by atoms with Gasteiger partial charge in [-0.1, -0.05) is 11.6 Å². The van der Waals surface area contributed by atoms with Crippen molar-refractivity contribution in [3.05, 3.63) is 58.2 Å². The second kappa shape index (κ2) is 9.91. The molecule has 2 aromatic carbocycles. The van der Waals surface area contributed by atoms with Crippen molar-refractivity contribution >= 4 is 50.5 Å². The van der Waals surface area contributed by atoms with Crippen LogP contribution in [-0.4, -0.2) is 29.7 Å². The molecule has 0 aliphatic heterocycles. The fraction of sp³-hybridized carbons (Fsp3) is 0.360. The van der Waals surface area contributed by atoms with Gasteiger partial charge in [-0.05, 0) is 94.5 Å². The number of nitrogens with zero attached hydrogens (tertiary/aromatic N) is 2. The Labute approximate surface area is 211 Å². The molecule has 186 valence electrons. The van der Waals surface area contributed by atoms with Crippen LogP contribution in [-0.2, 0) is 10.0 Å². The predicted molar refractivity (Wildman–Crippen MR) is 142 cm³/mol. The lowest BCUT2D eigenvalue weighted by molar-refractivity contribution is 0.239. The van der Waals surface area contributed by atoms with Gasteiger partial charge in [-0.15, -0.1) is 0 Å². The lowest BCUT2D eigenvalue weighted by Crippen LogP contribution is -2.17. The zero-order valence-electron chi connectivity index (χ0n) is 20.4. The maximum Gasteiger partial charge on any atom is 0.235 e. The Morgan fingerprint density at radius 3 is 2.26 bits per heavy atom. The van der Waals surface area contributed by atoms with Crippen LogP contribution < -0.4 is 20.1 Å². The van der Waals surface area contributed by atoms with Crippen molar-refractivity contribution in [1.29, 1.82) is 0 Å². The highest BCUT2D eigenvalue weighted by molar-refractivity contribution is 7.93. The fourth-order valence-corrected chi connectivity index (χ4v) is 5.23. The number of halogens is 1. The van der Waals surface area contributed by atoms with E-state index in [1.54, 1.807) is 18.2 Å². The SMILES string of the molecule is Cc1cc(NS(=O)(=O)C2CC2)ccc1Nc1nc(Nc2cc(C)c(OC(C)C)c(C)c2)ncc1Cl. The first kappa shape index (κ1) is 25.1. The molecule has 1 fully saturated rings. The molecule has 0 atom stereocenters. The molecule has 1 aliphatic rings. The zero-order chi connectivity index (χ0) is 25.3. The van der Waals surface area contributed by atoms with E-state index in [2.05, 4.69) is 25.3 Å². The summed E-state index contributed by atoms with van der Waals surface area (Å²) in [6, 6.07) is 9.27. The van der Waals surface area contributed by atoms with Crippen molar-refractivity contribution in [2.75, 3.05) is 15.4 Å². The van der Waals surface area contributed by atoms with Crippen molar-refractivity contribution in [3.8, 4) is 5.75 Å². The van der Waals surface area contributed by atoms with Crippen LogP contribution in [0, 0.1) is 20.8 Å². The number of nitrogens with one attached hydrogen (secondary N) is 3. The fourth-order valence-electron chi connectivity index (χ4n) is 3.71. The third-order valence-electron chi connectivity index (χ3n) is 5.52. The quantitative estimate of drug-likeness (QED) is 0.310. The molecule has 1 aliphatic carbocycles. The molecule has 8 nitrogen and oxygen atoms in total. The van der Waals surface area contributed by atoms with Crippen LogP contribution in [0.5, 0.6) is 5.75 Å². The number of hydrogen-bond acceptors (Lipinski definition) is 7. The molecule has 35 heavy (non-hydrogen) atoms. The minimum atomic E-state index is -3.31. The Hall–Kier alpha value is -3.04. The van der Waals surface area contributed by atoms with Gasteiger partial charge in [-0.3, -0.25) is 4.72 Å². The summed E-state index contributed by atoms with van der Waals surface area (Å²) in [6.07, 6.45) is 3.05. The van der Waals surface area contributed by atoms with Crippen molar-refractivity contribution in [2.45, 2.75) is 58.8 Å². The first-order chi connectivity index (χ1) is 16.5. The van der Waals surface area contributed by atoms with Crippen molar-refractivity contribution in [3.63, 3.8) is 0 Å². The highest BCUT2D eigenvalue weighted by Crippen LogP contribution is 2.33. The molecule has 0 bridgehead atoms. The Balaban J connectivity index is 1.51. The molecule has 0 amide bonds. The number of aromatic nitrogens is 2. The molecule has 1 heterocycles. The Morgan fingerprint density at radius 1 is 1.00 bits per heavy atom. The number of ether oxygens (including phenoxy) is 1. The molecule has 0 radical (unpaired) electrons. The standard InChI is InChI=1S/C25H30ClN5O3S/c1-14(2)34-23-16(4)11-19(12-17(23)5)28-25-27-13-21(26)24(30-25)29-22-9-6-18(10-15(22)3)31-35(32,33)20-7-8-20/h6,9-14,20,31H,7-8H2,1-5H3,(H2,27,28,29,30). The number of sulfonamides is 1. The first-order valence-corrected chi connectivity index (χ1v) is 13.4. The Bertz CT molecular complexity index is 1330. The smallest absolute Gasteiger partial charge is 0.235 e. The van der Waals surface area contributed by atoms with Gasteiger partial charge in [0, 0.05) is 17.1 Å². The molecule has 1 saturated carbocycles. The van der Waals surface area contributed by atoms with E-state index in [-0.39, 0.29) is 11.4 Å². The molecule has 0 saturated heterocycles. The molecular weight excluding hydrogens is 486 g/mol. The van der Waals surface area contributed by atoms with E-state index in [0.29, 0.717) is 35.3 Å². The molecule has 3 aromatic rings. The Kier molecular flexibility index (Phi) is 7.10. The zero-order valence-corrected chi connectivity index (χ0v) is 22.0. The van der Waals surface area contributed by atoms with Gasteiger partial charge < -0.3 is 15.4 Å². The molecule has 10 heteroatoms. The lowest BCUT2D eigenvalue weighted by atomic mass is 10.1. The summed E-state index contributed by atoms with van der Waals surface area (Å²) in [6.45, 7) is 9.90. The molecule has 3 N–H and O–H groups in total. The highest BCUT2D eigenvalue weighted by Gasteiger charge is 2.35. The monoisotopic (exact) mass is 515 g/mol. The van der Waals surface area contributed by atoms with Crippen LogP contribution in [0.2, 0.25) is 5.02 Å². The molecule has 4 rings (SSSR count). The summed E-state index contributed by atoms with van der Waals surface area (Å²) in [5.41, 5.74) is 5.01. The van der Waals surface area contributed by atoms with E-state index in [4.69, 9.17) is 16.3 Å². The van der Waals surface area contributed by atoms with Gasteiger partial charge in [0.2, 0.25) is 16.0 Å². The number of benzene rings is 2. The van der Waals surface area contributed by atoms with E-state index >= 15 is 0 Å². The second-order valence-corrected chi connectivity index (χ2v) is 11.5. The average Bonchev–Trinajstić information content (AvgIpc) is 3.61. The maximum atomic E-state index is 12.2. The van der Waals surface area contributed by atoms with E-state index in [1.807, 2.05) is 46.8 Å².